The van der Waals surface area contributed by atoms with Gasteiger partial charge in [-0.2, -0.15) is 0 Å². The van der Waals surface area contributed by atoms with Crippen LogP contribution in [0.2, 0.25) is 0 Å². The van der Waals surface area contributed by atoms with E-state index in [4.69, 9.17) is 10.4 Å². The molecule has 2 N–H and O–H groups in total. The molecule has 0 saturated heterocycles. The Morgan fingerprint density at radius 3 is 2.85 bits per heavy atom. The van der Waals surface area contributed by atoms with Crippen molar-refractivity contribution in [1.29, 1.82) is 0 Å². The van der Waals surface area contributed by atoms with Crippen LogP contribution in [-0.2, 0) is 6.67 Å². The van der Waals surface area contributed by atoms with Crippen LogP contribution >= 0.6 is 0 Å². The third-order valence-electron chi connectivity index (χ3n) is 1.68. The first-order valence-corrected chi connectivity index (χ1v) is 3.71. The first kappa shape index (κ1) is 8.11. The highest BCUT2D eigenvalue weighted by atomic mass is 16.8. The quantitative estimate of drug-likeness (QED) is 0.657. The van der Waals surface area contributed by atoms with E-state index in [1.54, 1.807) is 12.1 Å². The number of hydroxylamine groups is 2. The number of rotatable bonds is 2. The first-order chi connectivity index (χ1) is 6.27. The fraction of sp³-hybridized carbons (Fsp3) is 0.143. The zero-order chi connectivity index (χ0) is 9.26. The summed E-state index contributed by atoms with van der Waals surface area (Å²) in [6.07, 6.45) is 0. The third-order valence-corrected chi connectivity index (χ3v) is 1.68. The summed E-state index contributed by atoms with van der Waals surface area (Å²) < 4.78 is 1.38. The van der Waals surface area contributed by atoms with Gasteiger partial charge in [0.2, 0.25) is 0 Å². The number of benzene rings is 1. The van der Waals surface area contributed by atoms with E-state index >= 15 is 0 Å². The molecule has 0 spiro atoms. The molecule has 0 atom stereocenters. The van der Waals surface area contributed by atoms with Crippen molar-refractivity contribution < 1.29 is 10.4 Å². The molecule has 0 aliphatic heterocycles. The van der Waals surface area contributed by atoms with Crippen LogP contribution in [0.3, 0.4) is 0 Å². The van der Waals surface area contributed by atoms with E-state index in [9.17, 15) is 0 Å². The van der Waals surface area contributed by atoms with Crippen LogP contribution in [0.25, 0.3) is 11.0 Å². The number of fused-ring (bicyclic) bond motifs is 1. The van der Waals surface area contributed by atoms with Crippen LogP contribution in [0.5, 0.6) is 0 Å². The molecular formula is C7H8N4O2. The summed E-state index contributed by atoms with van der Waals surface area (Å²) >= 11 is 0. The van der Waals surface area contributed by atoms with Gasteiger partial charge in [-0.25, -0.2) is 4.68 Å². The van der Waals surface area contributed by atoms with Crippen molar-refractivity contribution in [3.8, 4) is 0 Å². The van der Waals surface area contributed by atoms with E-state index < -0.39 is 0 Å². The number of hydrogen-bond donors (Lipinski definition) is 2. The lowest BCUT2D eigenvalue weighted by Crippen LogP contribution is -2.19. The van der Waals surface area contributed by atoms with Crippen molar-refractivity contribution in [2.45, 2.75) is 6.67 Å². The molecule has 6 nitrogen and oxygen atoms in total. The summed E-state index contributed by atoms with van der Waals surface area (Å²) in [5.74, 6) is 0. The van der Waals surface area contributed by atoms with Gasteiger partial charge in [-0.3, -0.25) is 10.4 Å². The van der Waals surface area contributed by atoms with Crippen LogP contribution < -0.4 is 0 Å². The van der Waals surface area contributed by atoms with Crippen LogP contribution in [0, 0.1) is 0 Å². The molecule has 1 aromatic carbocycles. The average molecular weight is 180 g/mol. The molecule has 6 heteroatoms. The second-order valence-electron chi connectivity index (χ2n) is 2.59. The van der Waals surface area contributed by atoms with Gasteiger partial charge in [0.05, 0.1) is 5.52 Å². The predicted octanol–water partition coefficient (Wildman–Crippen LogP) is 0.469. The van der Waals surface area contributed by atoms with Gasteiger partial charge in [0, 0.05) is 0 Å². The van der Waals surface area contributed by atoms with Gasteiger partial charge in [0.1, 0.15) is 12.2 Å². The lowest BCUT2D eigenvalue weighted by molar-refractivity contribution is -0.326. The Balaban J connectivity index is 2.46. The summed E-state index contributed by atoms with van der Waals surface area (Å²) in [7, 11) is 0. The van der Waals surface area contributed by atoms with Crippen molar-refractivity contribution in [2.24, 2.45) is 0 Å². The minimum absolute atomic E-state index is 0.0567. The highest BCUT2D eigenvalue weighted by molar-refractivity contribution is 5.73. The Labute approximate surface area is 73.5 Å². The van der Waals surface area contributed by atoms with E-state index in [0.29, 0.717) is 0 Å². The number of aromatic nitrogens is 3. The SMILES string of the molecule is ON(O)Cn1nnc2ccccc21. The maximum Gasteiger partial charge on any atom is 0.146 e. The summed E-state index contributed by atoms with van der Waals surface area (Å²) in [4.78, 5) is 0. The monoisotopic (exact) mass is 180 g/mol. The normalized spacial score (nSPS) is 11.3. The van der Waals surface area contributed by atoms with Gasteiger partial charge < -0.3 is 0 Å². The fourth-order valence-electron chi connectivity index (χ4n) is 1.14. The summed E-state index contributed by atoms with van der Waals surface area (Å²) in [6, 6.07) is 7.29. The van der Waals surface area contributed by atoms with E-state index in [2.05, 4.69) is 10.3 Å². The molecule has 0 fully saturated rings. The van der Waals surface area contributed by atoms with E-state index in [0.717, 1.165) is 11.0 Å². The zero-order valence-corrected chi connectivity index (χ0v) is 6.70. The minimum atomic E-state index is -0.124. The molecule has 0 saturated carbocycles. The number of hydrogen-bond acceptors (Lipinski definition) is 5. The van der Waals surface area contributed by atoms with Crippen molar-refractivity contribution in [2.75, 3.05) is 0 Å². The highest BCUT2D eigenvalue weighted by Gasteiger charge is 2.04. The smallest absolute Gasteiger partial charge is 0.146 e. The van der Waals surface area contributed by atoms with Gasteiger partial charge in [-0.05, 0) is 17.4 Å². The molecule has 0 unspecified atom stereocenters. The molecule has 1 heterocycles. The van der Waals surface area contributed by atoms with Crippen LogP contribution in [0.15, 0.2) is 24.3 Å². The molecule has 0 aliphatic rings. The van der Waals surface area contributed by atoms with E-state index in [-0.39, 0.29) is 11.9 Å². The van der Waals surface area contributed by atoms with Crippen LogP contribution in [0.4, 0.5) is 0 Å². The summed E-state index contributed by atoms with van der Waals surface area (Å²) in [5.41, 5.74) is 1.49. The first-order valence-electron chi connectivity index (χ1n) is 3.71. The highest BCUT2D eigenvalue weighted by Crippen LogP contribution is 2.09. The Morgan fingerprint density at radius 1 is 1.31 bits per heavy atom. The Kier molecular flexibility index (Phi) is 1.93. The standard InChI is InChI=1S/C7H8N4O2/c12-11(13)5-10-7-4-2-1-3-6(7)8-9-10/h1-4,12-13H,5H2. The van der Waals surface area contributed by atoms with Crippen molar-refractivity contribution in [3.05, 3.63) is 24.3 Å². The van der Waals surface area contributed by atoms with Gasteiger partial charge in [0.25, 0.3) is 0 Å². The Bertz CT molecular complexity index is 412. The molecule has 2 rings (SSSR count). The van der Waals surface area contributed by atoms with Crippen molar-refractivity contribution in [3.63, 3.8) is 0 Å². The average Bonchev–Trinajstić information content (AvgIpc) is 2.48. The fourth-order valence-corrected chi connectivity index (χ4v) is 1.14. The van der Waals surface area contributed by atoms with E-state index in [1.165, 1.54) is 4.68 Å². The van der Waals surface area contributed by atoms with Crippen molar-refractivity contribution in [1.82, 2.24) is 20.2 Å². The number of para-hydroxylation sites is 1. The second kappa shape index (κ2) is 3.09. The van der Waals surface area contributed by atoms with E-state index in [1.807, 2.05) is 12.1 Å². The maximum absolute atomic E-state index is 8.58. The number of nitrogens with zero attached hydrogens (tertiary/aromatic N) is 4. The summed E-state index contributed by atoms with van der Waals surface area (Å²) in [6.45, 7) is -0.124. The Hall–Kier alpha value is -1.50. The lowest BCUT2D eigenvalue weighted by Gasteiger charge is -2.05. The van der Waals surface area contributed by atoms with Gasteiger partial charge >= 0.3 is 0 Å². The molecular weight excluding hydrogens is 172 g/mol. The van der Waals surface area contributed by atoms with Gasteiger partial charge in [-0.1, -0.05) is 17.3 Å². The second-order valence-corrected chi connectivity index (χ2v) is 2.59. The minimum Gasteiger partial charge on any atom is -0.288 e. The topological polar surface area (TPSA) is 74.4 Å². The maximum atomic E-state index is 8.58. The lowest BCUT2D eigenvalue weighted by atomic mass is 10.3. The van der Waals surface area contributed by atoms with Crippen molar-refractivity contribution >= 4 is 11.0 Å². The van der Waals surface area contributed by atoms with Crippen LogP contribution in [-0.4, -0.2) is 30.6 Å². The summed E-state index contributed by atoms with van der Waals surface area (Å²) in [5, 5.41) is 24.8. The zero-order valence-electron chi connectivity index (χ0n) is 6.70. The molecule has 0 radical (unpaired) electrons. The molecule has 68 valence electrons. The molecule has 13 heavy (non-hydrogen) atoms. The van der Waals surface area contributed by atoms with Crippen LogP contribution in [0.1, 0.15) is 0 Å². The largest absolute Gasteiger partial charge is 0.288 e. The van der Waals surface area contributed by atoms with Gasteiger partial charge in [0.15, 0.2) is 0 Å². The molecule has 0 bridgehead atoms. The molecule has 0 amide bonds. The predicted molar refractivity (Wildman–Crippen MR) is 42.9 cm³/mol. The molecule has 1 aromatic heterocycles. The third kappa shape index (κ3) is 1.50. The molecule has 0 aliphatic carbocycles. The Morgan fingerprint density at radius 2 is 2.08 bits per heavy atom. The van der Waals surface area contributed by atoms with Gasteiger partial charge in [-0.15, -0.1) is 5.10 Å². The molecule has 2 aromatic rings.